The molecule has 19 heavy (non-hydrogen) atoms. The van der Waals surface area contributed by atoms with Gasteiger partial charge in [0, 0.05) is 5.39 Å². The summed E-state index contributed by atoms with van der Waals surface area (Å²) in [6.45, 7) is 0. The van der Waals surface area contributed by atoms with Gasteiger partial charge in [-0.2, -0.15) is 13.2 Å². The largest absolute Gasteiger partial charge is 0.451 e. The van der Waals surface area contributed by atoms with Gasteiger partial charge in [0.2, 0.25) is 5.82 Å². The summed E-state index contributed by atoms with van der Waals surface area (Å²) >= 11 is 0. The number of nitrogen functional groups attached to an aromatic ring is 1. The van der Waals surface area contributed by atoms with Gasteiger partial charge in [-0.1, -0.05) is 12.1 Å². The number of nitrogens with zero attached hydrogens (tertiary/aromatic N) is 2. The van der Waals surface area contributed by atoms with E-state index < -0.39 is 12.0 Å². The fourth-order valence-electron chi connectivity index (χ4n) is 2.18. The van der Waals surface area contributed by atoms with E-state index in [-0.39, 0.29) is 11.3 Å². The Morgan fingerprint density at radius 1 is 1.21 bits per heavy atom. The number of nitrogens with two attached hydrogens (primary N) is 1. The molecule has 1 heterocycles. The quantitative estimate of drug-likeness (QED) is 0.649. The number of hydrogen-bond donors (Lipinski definition) is 2. The molecule has 3 N–H and O–H groups in total. The second-order valence-corrected chi connectivity index (χ2v) is 4.55. The molecule has 0 unspecified atom stereocenters. The molecule has 1 aromatic carbocycles. The van der Waals surface area contributed by atoms with Gasteiger partial charge >= 0.3 is 6.18 Å². The zero-order valence-corrected chi connectivity index (χ0v) is 9.83. The maximum absolute atomic E-state index is 12.7. The lowest BCUT2D eigenvalue weighted by atomic mass is 10.0. The molecule has 1 aliphatic carbocycles. The number of hydrogen-bond acceptors (Lipinski definition) is 4. The lowest BCUT2D eigenvalue weighted by Gasteiger charge is -2.12. The molecule has 0 radical (unpaired) electrons. The van der Waals surface area contributed by atoms with E-state index in [2.05, 4.69) is 15.4 Å². The van der Waals surface area contributed by atoms with E-state index in [1.165, 1.54) is 0 Å². The second-order valence-electron chi connectivity index (χ2n) is 4.55. The van der Waals surface area contributed by atoms with Gasteiger partial charge in [0.05, 0.1) is 5.52 Å². The van der Waals surface area contributed by atoms with E-state index in [1.807, 2.05) is 6.07 Å². The summed E-state index contributed by atoms with van der Waals surface area (Å²) < 4.78 is 38.1. The molecule has 1 aromatic heterocycles. The van der Waals surface area contributed by atoms with E-state index in [0.717, 1.165) is 18.4 Å². The minimum Gasteiger partial charge on any atom is -0.308 e. The normalized spacial score (nSPS) is 15.8. The van der Waals surface area contributed by atoms with Crippen LogP contribution in [0.2, 0.25) is 0 Å². The molecule has 100 valence electrons. The lowest BCUT2D eigenvalue weighted by molar-refractivity contribution is -0.144. The van der Waals surface area contributed by atoms with Gasteiger partial charge in [-0.25, -0.2) is 15.8 Å². The lowest BCUT2D eigenvalue weighted by Crippen LogP contribution is -2.16. The minimum atomic E-state index is -4.59. The van der Waals surface area contributed by atoms with E-state index in [1.54, 1.807) is 12.1 Å². The number of halogens is 3. The molecular weight excluding hydrogens is 257 g/mol. The van der Waals surface area contributed by atoms with Crippen molar-refractivity contribution in [2.75, 3.05) is 5.43 Å². The standard InChI is InChI=1S/C12H11F3N4/c13-12(14,15)11-17-8-3-1-2-7(6-4-5-6)9(8)10(18-11)19-16/h1-3,6H,4-5,16H2,(H,17,18,19). The predicted molar refractivity (Wildman–Crippen MR) is 64.3 cm³/mol. The van der Waals surface area contributed by atoms with Crippen LogP contribution in [-0.4, -0.2) is 9.97 Å². The molecule has 0 saturated heterocycles. The maximum atomic E-state index is 12.7. The first-order valence-electron chi connectivity index (χ1n) is 5.85. The minimum absolute atomic E-state index is 0.0276. The number of rotatable bonds is 2. The summed E-state index contributed by atoms with van der Waals surface area (Å²) in [5.41, 5.74) is 3.48. The average molecular weight is 268 g/mol. The molecule has 4 nitrogen and oxygen atoms in total. The van der Waals surface area contributed by atoms with Crippen molar-refractivity contribution >= 4 is 16.7 Å². The Kier molecular flexibility index (Phi) is 2.60. The van der Waals surface area contributed by atoms with Gasteiger partial charge < -0.3 is 5.43 Å². The van der Waals surface area contributed by atoms with E-state index in [0.29, 0.717) is 11.3 Å². The fourth-order valence-corrected chi connectivity index (χ4v) is 2.18. The van der Waals surface area contributed by atoms with Crippen molar-refractivity contribution in [3.63, 3.8) is 0 Å². The number of anilines is 1. The zero-order valence-electron chi connectivity index (χ0n) is 9.83. The first-order valence-corrected chi connectivity index (χ1v) is 5.85. The van der Waals surface area contributed by atoms with Crippen LogP contribution in [0.3, 0.4) is 0 Å². The summed E-state index contributed by atoms with van der Waals surface area (Å²) in [5.74, 6) is 4.53. The summed E-state index contributed by atoms with van der Waals surface area (Å²) in [5, 5.41) is 0.584. The van der Waals surface area contributed by atoms with Crippen LogP contribution in [0.4, 0.5) is 19.0 Å². The van der Waals surface area contributed by atoms with E-state index in [9.17, 15) is 13.2 Å². The fraction of sp³-hybridized carbons (Fsp3) is 0.333. The number of nitrogens with one attached hydrogen (secondary N) is 1. The smallest absolute Gasteiger partial charge is 0.308 e. The van der Waals surface area contributed by atoms with Crippen LogP contribution in [0.15, 0.2) is 18.2 Å². The Morgan fingerprint density at radius 2 is 1.95 bits per heavy atom. The summed E-state index contributed by atoms with van der Waals surface area (Å²) in [6, 6.07) is 5.14. The Hall–Kier alpha value is -1.89. The van der Waals surface area contributed by atoms with Gasteiger partial charge in [-0.3, -0.25) is 0 Å². The van der Waals surface area contributed by atoms with Crippen LogP contribution < -0.4 is 11.3 Å². The third kappa shape index (κ3) is 2.10. The van der Waals surface area contributed by atoms with Gasteiger partial charge in [0.1, 0.15) is 0 Å². The molecular formula is C12H11F3N4. The van der Waals surface area contributed by atoms with Gasteiger partial charge in [-0.05, 0) is 30.4 Å². The molecule has 1 fully saturated rings. The number of alkyl halides is 3. The highest BCUT2D eigenvalue weighted by Crippen LogP contribution is 2.44. The summed E-state index contributed by atoms with van der Waals surface area (Å²) in [6.07, 6.45) is -2.52. The molecule has 1 saturated carbocycles. The predicted octanol–water partition coefficient (Wildman–Crippen LogP) is 2.81. The Morgan fingerprint density at radius 3 is 2.53 bits per heavy atom. The summed E-state index contributed by atoms with van der Waals surface area (Å²) in [4.78, 5) is 7.08. The highest BCUT2D eigenvalue weighted by Gasteiger charge is 2.36. The van der Waals surface area contributed by atoms with Crippen LogP contribution in [0.5, 0.6) is 0 Å². The van der Waals surface area contributed by atoms with E-state index in [4.69, 9.17) is 5.84 Å². The molecule has 2 aromatic rings. The summed E-state index contributed by atoms with van der Waals surface area (Å²) in [7, 11) is 0. The van der Waals surface area contributed by atoms with Gasteiger partial charge in [-0.15, -0.1) is 0 Å². The molecule has 1 aliphatic rings. The van der Waals surface area contributed by atoms with Crippen LogP contribution in [0.1, 0.15) is 30.1 Å². The molecule has 0 atom stereocenters. The van der Waals surface area contributed by atoms with Crippen molar-refractivity contribution in [3.05, 3.63) is 29.6 Å². The molecule has 0 bridgehead atoms. The maximum Gasteiger partial charge on any atom is 0.451 e. The molecule has 0 spiro atoms. The van der Waals surface area contributed by atoms with Crippen molar-refractivity contribution < 1.29 is 13.2 Å². The van der Waals surface area contributed by atoms with Crippen LogP contribution in [0.25, 0.3) is 10.9 Å². The Bertz CT molecular complexity index is 635. The van der Waals surface area contributed by atoms with Crippen LogP contribution >= 0.6 is 0 Å². The molecule has 0 aliphatic heterocycles. The Labute approximate surface area is 106 Å². The van der Waals surface area contributed by atoms with Gasteiger partial charge in [0.15, 0.2) is 5.82 Å². The topological polar surface area (TPSA) is 63.8 Å². The van der Waals surface area contributed by atoms with Gasteiger partial charge in [0.25, 0.3) is 0 Å². The number of benzene rings is 1. The monoisotopic (exact) mass is 268 g/mol. The van der Waals surface area contributed by atoms with E-state index >= 15 is 0 Å². The third-order valence-corrected chi connectivity index (χ3v) is 3.16. The SMILES string of the molecule is NNc1nc(C(F)(F)F)nc2cccc(C3CC3)c12. The third-order valence-electron chi connectivity index (χ3n) is 3.16. The Balaban J connectivity index is 2.28. The van der Waals surface area contributed by atoms with Crippen LogP contribution in [-0.2, 0) is 6.18 Å². The van der Waals surface area contributed by atoms with Crippen molar-refractivity contribution in [1.29, 1.82) is 0 Å². The highest BCUT2D eigenvalue weighted by atomic mass is 19.4. The molecule has 0 amide bonds. The highest BCUT2D eigenvalue weighted by molar-refractivity contribution is 5.92. The number of aromatic nitrogens is 2. The average Bonchev–Trinajstić information content (AvgIpc) is 3.19. The zero-order chi connectivity index (χ0) is 13.6. The first-order chi connectivity index (χ1) is 9.00. The molecule has 3 rings (SSSR count). The second kappa shape index (κ2) is 4.06. The van der Waals surface area contributed by atoms with Crippen LogP contribution in [0, 0.1) is 0 Å². The number of hydrazine groups is 1. The first kappa shape index (κ1) is 12.2. The van der Waals surface area contributed by atoms with Crippen molar-refractivity contribution in [2.24, 2.45) is 5.84 Å². The van der Waals surface area contributed by atoms with Crippen molar-refractivity contribution in [1.82, 2.24) is 9.97 Å². The molecule has 7 heteroatoms. The van der Waals surface area contributed by atoms with Crippen molar-refractivity contribution in [3.8, 4) is 0 Å². The van der Waals surface area contributed by atoms with Crippen molar-refractivity contribution in [2.45, 2.75) is 24.9 Å². The number of fused-ring (bicyclic) bond motifs is 1.